The van der Waals surface area contributed by atoms with Crippen LogP contribution in [0.2, 0.25) is 10.0 Å². The summed E-state index contributed by atoms with van der Waals surface area (Å²) >= 11 is 12.0. The van der Waals surface area contributed by atoms with Gasteiger partial charge in [-0.15, -0.1) is 0 Å². The van der Waals surface area contributed by atoms with Gasteiger partial charge in [0, 0.05) is 15.5 Å². The minimum atomic E-state index is -0.561. The molecule has 0 bridgehead atoms. The Hall–Kier alpha value is -0.280. The van der Waals surface area contributed by atoms with E-state index in [2.05, 4.69) is 0 Å². The van der Waals surface area contributed by atoms with E-state index in [4.69, 9.17) is 23.2 Å². The average Bonchev–Trinajstić information content (AvgIpc) is 2.30. The van der Waals surface area contributed by atoms with Gasteiger partial charge in [0.15, 0.2) is 0 Å². The van der Waals surface area contributed by atoms with Crippen LogP contribution in [0, 0.1) is 11.3 Å². The highest BCUT2D eigenvalue weighted by molar-refractivity contribution is 6.33. The molecule has 4 heteroatoms. The standard InChI is InChI=1S/C13H18Cl2O2/c1-9(2)13(7-16,8-17)6-10-5-11(14)3-4-12(10)15/h3-5,9,16-17H,6-8H2,1-2H3. The van der Waals surface area contributed by atoms with Crippen molar-refractivity contribution < 1.29 is 10.2 Å². The van der Waals surface area contributed by atoms with Gasteiger partial charge in [0.05, 0.1) is 13.2 Å². The molecular formula is C13H18Cl2O2. The van der Waals surface area contributed by atoms with Crippen molar-refractivity contribution in [3.8, 4) is 0 Å². The molecule has 0 amide bonds. The van der Waals surface area contributed by atoms with Gasteiger partial charge < -0.3 is 10.2 Å². The fraction of sp³-hybridized carbons (Fsp3) is 0.538. The van der Waals surface area contributed by atoms with Crippen molar-refractivity contribution in [1.82, 2.24) is 0 Å². The van der Waals surface area contributed by atoms with Crippen molar-refractivity contribution in [3.63, 3.8) is 0 Å². The second-order valence-electron chi connectivity index (χ2n) is 4.75. The molecule has 0 spiro atoms. The van der Waals surface area contributed by atoms with Crippen LogP contribution in [0.5, 0.6) is 0 Å². The third-order valence-electron chi connectivity index (χ3n) is 3.40. The Balaban J connectivity index is 3.05. The van der Waals surface area contributed by atoms with E-state index in [1.807, 2.05) is 13.8 Å². The van der Waals surface area contributed by atoms with Gasteiger partial charge in [-0.1, -0.05) is 37.0 Å². The summed E-state index contributed by atoms with van der Waals surface area (Å²) in [5, 5.41) is 20.3. The van der Waals surface area contributed by atoms with E-state index < -0.39 is 5.41 Å². The summed E-state index contributed by atoms with van der Waals surface area (Å²) in [4.78, 5) is 0. The minimum Gasteiger partial charge on any atom is -0.396 e. The Bertz CT molecular complexity index is 374. The summed E-state index contributed by atoms with van der Waals surface area (Å²) in [6.07, 6.45) is 0.511. The molecule has 1 aromatic carbocycles. The molecule has 1 rings (SSSR count). The quantitative estimate of drug-likeness (QED) is 0.868. The van der Waals surface area contributed by atoms with E-state index in [-0.39, 0.29) is 19.1 Å². The van der Waals surface area contributed by atoms with Crippen LogP contribution in [0.1, 0.15) is 19.4 Å². The van der Waals surface area contributed by atoms with Gasteiger partial charge in [-0.3, -0.25) is 0 Å². The topological polar surface area (TPSA) is 40.5 Å². The van der Waals surface area contributed by atoms with Gasteiger partial charge in [0.2, 0.25) is 0 Å². The lowest BCUT2D eigenvalue weighted by Crippen LogP contribution is -2.37. The highest BCUT2D eigenvalue weighted by Crippen LogP contribution is 2.34. The van der Waals surface area contributed by atoms with Crippen LogP contribution < -0.4 is 0 Å². The zero-order valence-corrected chi connectivity index (χ0v) is 11.6. The van der Waals surface area contributed by atoms with Crippen LogP contribution in [0.25, 0.3) is 0 Å². The SMILES string of the molecule is CC(C)C(CO)(CO)Cc1cc(Cl)ccc1Cl. The number of hydrogen-bond donors (Lipinski definition) is 2. The maximum absolute atomic E-state index is 9.53. The van der Waals surface area contributed by atoms with Crippen LogP contribution >= 0.6 is 23.2 Å². The van der Waals surface area contributed by atoms with Crippen LogP contribution in [0.3, 0.4) is 0 Å². The summed E-state index contributed by atoms with van der Waals surface area (Å²) in [6.45, 7) is 3.80. The van der Waals surface area contributed by atoms with Gasteiger partial charge >= 0.3 is 0 Å². The molecule has 0 aliphatic rings. The Labute approximate surface area is 112 Å². The van der Waals surface area contributed by atoms with Gasteiger partial charge in [0.25, 0.3) is 0 Å². The van der Waals surface area contributed by atoms with E-state index in [0.29, 0.717) is 16.5 Å². The Morgan fingerprint density at radius 2 is 1.76 bits per heavy atom. The number of rotatable bonds is 5. The lowest BCUT2D eigenvalue weighted by Gasteiger charge is -2.34. The molecular weight excluding hydrogens is 259 g/mol. The maximum atomic E-state index is 9.53. The third-order valence-corrected chi connectivity index (χ3v) is 4.01. The van der Waals surface area contributed by atoms with Gasteiger partial charge in [0.1, 0.15) is 0 Å². The first-order chi connectivity index (χ1) is 7.95. The van der Waals surface area contributed by atoms with Crippen molar-refractivity contribution in [2.45, 2.75) is 20.3 Å². The minimum absolute atomic E-state index is 0.0794. The third kappa shape index (κ3) is 3.35. The summed E-state index contributed by atoms with van der Waals surface area (Å²) in [5.74, 6) is 0.146. The number of halogens is 2. The van der Waals surface area contributed by atoms with Crippen molar-refractivity contribution in [2.24, 2.45) is 11.3 Å². The van der Waals surface area contributed by atoms with Crippen molar-refractivity contribution in [2.75, 3.05) is 13.2 Å². The van der Waals surface area contributed by atoms with Crippen LogP contribution in [-0.4, -0.2) is 23.4 Å². The van der Waals surface area contributed by atoms with Crippen molar-refractivity contribution in [3.05, 3.63) is 33.8 Å². The van der Waals surface area contributed by atoms with E-state index in [1.54, 1.807) is 18.2 Å². The zero-order chi connectivity index (χ0) is 13.1. The van der Waals surface area contributed by atoms with E-state index in [1.165, 1.54) is 0 Å². The summed E-state index contributed by atoms with van der Waals surface area (Å²) in [7, 11) is 0. The highest BCUT2D eigenvalue weighted by Gasteiger charge is 2.33. The molecule has 0 radical (unpaired) electrons. The fourth-order valence-electron chi connectivity index (χ4n) is 1.79. The molecule has 0 unspecified atom stereocenters. The molecule has 2 N–H and O–H groups in total. The first-order valence-electron chi connectivity index (χ1n) is 5.61. The smallest absolute Gasteiger partial charge is 0.0515 e. The first kappa shape index (κ1) is 14.8. The summed E-state index contributed by atoms with van der Waals surface area (Å²) in [6, 6.07) is 5.24. The molecule has 0 aliphatic heterocycles. The van der Waals surface area contributed by atoms with Crippen molar-refractivity contribution in [1.29, 1.82) is 0 Å². The molecule has 1 aromatic rings. The molecule has 96 valence electrons. The fourth-order valence-corrected chi connectivity index (χ4v) is 2.17. The second-order valence-corrected chi connectivity index (χ2v) is 5.59. The zero-order valence-electron chi connectivity index (χ0n) is 10.1. The molecule has 0 aliphatic carbocycles. The number of aliphatic hydroxyl groups excluding tert-OH is 2. The molecule has 0 aromatic heterocycles. The number of benzene rings is 1. The summed E-state index contributed by atoms with van der Waals surface area (Å²) in [5.41, 5.74) is 0.296. The first-order valence-corrected chi connectivity index (χ1v) is 6.36. The average molecular weight is 277 g/mol. The molecule has 0 heterocycles. The molecule has 2 nitrogen and oxygen atoms in total. The monoisotopic (exact) mass is 276 g/mol. The molecule has 0 atom stereocenters. The predicted octanol–water partition coefficient (Wildman–Crippen LogP) is 3.16. The lowest BCUT2D eigenvalue weighted by atomic mass is 9.74. The van der Waals surface area contributed by atoms with E-state index >= 15 is 0 Å². The van der Waals surface area contributed by atoms with E-state index in [9.17, 15) is 10.2 Å². The van der Waals surface area contributed by atoms with Gasteiger partial charge in [-0.2, -0.15) is 0 Å². The highest BCUT2D eigenvalue weighted by atomic mass is 35.5. The van der Waals surface area contributed by atoms with E-state index in [0.717, 1.165) is 5.56 Å². The van der Waals surface area contributed by atoms with Gasteiger partial charge in [-0.05, 0) is 36.1 Å². The Morgan fingerprint density at radius 3 is 2.24 bits per heavy atom. The number of aliphatic hydroxyl groups is 2. The lowest BCUT2D eigenvalue weighted by molar-refractivity contribution is 0.0163. The van der Waals surface area contributed by atoms with Crippen LogP contribution in [-0.2, 0) is 6.42 Å². The molecule has 0 saturated carbocycles. The van der Waals surface area contributed by atoms with Crippen LogP contribution in [0.15, 0.2) is 18.2 Å². The molecule has 0 fully saturated rings. The molecule has 17 heavy (non-hydrogen) atoms. The van der Waals surface area contributed by atoms with Crippen molar-refractivity contribution >= 4 is 23.2 Å². The predicted molar refractivity (Wildman–Crippen MR) is 71.6 cm³/mol. The summed E-state index contributed by atoms with van der Waals surface area (Å²) < 4.78 is 0. The van der Waals surface area contributed by atoms with Crippen LogP contribution in [0.4, 0.5) is 0 Å². The Morgan fingerprint density at radius 1 is 1.18 bits per heavy atom. The number of hydrogen-bond acceptors (Lipinski definition) is 2. The normalized spacial score (nSPS) is 12.2. The maximum Gasteiger partial charge on any atom is 0.0515 e. The van der Waals surface area contributed by atoms with Gasteiger partial charge in [-0.25, -0.2) is 0 Å². The largest absolute Gasteiger partial charge is 0.396 e. The Kier molecular flexibility index (Phi) is 5.26. The molecule has 0 saturated heterocycles. The second kappa shape index (κ2) is 6.05.